The van der Waals surface area contributed by atoms with Crippen LogP contribution in [0.5, 0.6) is 0 Å². The van der Waals surface area contributed by atoms with Gasteiger partial charge in [0.15, 0.2) is 0 Å². The maximum absolute atomic E-state index is 12.1. The molecule has 7 nitrogen and oxygen atoms in total. The predicted octanol–water partition coefficient (Wildman–Crippen LogP) is 0.786. The van der Waals surface area contributed by atoms with E-state index in [1.807, 2.05) is 27.7 Å². The third-order valence-electron chi connectivity index (χ3n) is 2.74. The first-order chi connectivity index (χ1) is 9.67. The van der Waals surface area contributed by atoms with E-state index < -0.39 is 12.1 Å². The Labute approximate surface area is 126 Å². The van der Waals surface area contributed by atoms with Crippen molar-refractivity contribution in [2.45, 2.75) is 59.2 Å². The van der Waals surface area contributed by atoms with Crippen LogP contribution in [0.3, 0.4) is 0 Å². The maximum Gasteiger partial charge on any atom is 0.407 e. The molecule has 0 heterocycles. The van der Waals surface area contributed by atoms with Gasteiger partial charge in [-0.2, -0.15) is 0 Å². The van der Waals surface area contributed by atoms with Gasteiger partial charge in [0.2, 0.25) is 11.8 Å². The molecule has 122 valence electrons. The van der Waals surface area contributed by atoms with Crippen molar-refractivity contribution >= 4 is 17.9 Å². The second kappa shape index (κ2) is 9.20. The molecule has 0 unspecified atom stereocenters. The number of amides is 3. The lowest BCUT2D eigenvalue weighted by molar-refractivity contribution is -0.125. The van der Waals surface area contributed by atoms with Gasteiger partial charge < -0.3 is 20.7 Å². The van der Waals surface area contributed by atoms with E-state index in [9.17, 15) is 14.4 Å². The Balaban J connectivity index is 4.47. The molecule has 0 saturated carbocycles. The highest BCUT2D eigenvalue weighted by molar-refractivity contribution is 5.86. The van der Waals surface area contributed by atoms with E-state index in [-0.39, 0.29) is 36.2 Å². The quantitative estimate of drug-likeness (QED) is 0.647. The number of nitrogens with one attached hydrogen (secondary N) is 3. The van der Waals surface area contributed by atoms with Crippen LogP contribution in [0.1, 0.15) is 41.0 Å². The summed E-state index contributed by atoms with van der Waals surface area (Å²) in [6.45, 7) is 9.12. The third-order valence-corrected chi connectivity index (χ3v) is 2.74. The normalized spacial score (nSPS) is 13.5. The van der Waals surface area contributed by atoms with Gasteiger partial charge in [-0.25, -0.2) is 4.79 Å². The molecule has 2 atom stereocenters. The first-order valence-electron chi connectivity index (χ1n) is 7.11. The summed E-state index contributed by atoms with van der Waals surface area (Å²) < 4.78 is 4.50. The number of carbonyl (C=O) groups is 3. The summed E-state index contributed by atoms with van der Waals surface area (Å²) in [5.41, 5.74) is 0. The second-order valence-corrected chi connectivity index (χ2v) is 5.69. The van der Waals surface area contributed by atoms with E-state index >= 15 is 0 Å². The molecule has 21 heavy (non-hydrogen) atoms. The first-order valence-corrected chi connectivity index (χ1v) is 7.11. The third kappa shape index (κ3) is 8.16. The van der Waals surface area contributed by atoms with Crippen molar-refractivity contribution in [1.29, 1.82) is 0 Å². The zero-order valence-corrected chi connectivity index (χ0v) is 13.6. The molecule has 0 rings (SSSR count). The summed E-state index contributed by atoms with van der Waals surface area (Å²) in [7, 11) is 1.24. The molecular weight excluding hydrogens is 274 g/mol. The highest BCUT2D eigenvalue weighted by atomic mass is 16.5. The van der Waals surface area contributed by atoms with Crippen molar-refractivity contribution in [1.82, 2.24) is 16.0 Å². The van der Waals surface area contributed by atoms with Crippen LogP contribution in [0.15, 0.2) is 0 Å². The summed E-state index contributed by atoms with van der Waals surface area (Å²) in [6, 6.07) is -0.963. The Morgan fingerprint density at radius 2 is 1.52 bits per heavy atom. The molecule has 7 heteroatoms. The van der Waals surface area contributed by atoms with Crippen LogP contribution in [0.25, 0.3) is 0 Å². The van der Waals surface area contributed by atoms with Crippen LogP contribution >= 0.6 is 0 Å². The molecule has 3 N–H and O–H groups in total. The molecule has 0 aliphatic heterocycles. The Hall–Kier alpha value is -1.79. The largest absolute Gasteiger partial charge is 0.453 e. The average molecular weight is 301 g/mol. The molecule has 0 radical (unpaired) electrons. The fraction of sp³-hybridized carbons (Fsp3) is 0.786. The molecule has 0 aromatic rings. The Bertz CT molecular complexity index is 369. The van der Waals surface area contributed by atoms with Gasteiger partial charge in [-0.1, -0.05) is 13.8 Å². The van der Waals surface area contributed by atoms with Crippen LogP contribution in [0.4, 0.5) is 4.79 Å². The lowest BCUT2D eigenvalue weighted by atomic mass is 10.0. The molecule has 0 aromatic carbocycles. The predicted molar refractivity (Wildman–Crippen MR) is 79.7 cm³/mol. The molecule has 0 aliphatic rings. The monoisotopic (exact) mass is 301 g/mol. The molecule has 0 spiro atoms. The molecular formula is C14H27N3O4. The number of carbonyl (C=O) groups excluding carboxylic acids is 3. The summed E-state index contributed by atoms with van der Waals surface area (Å²) in [6.07, 6.45) is -0.471. The van der Waals surface area contributed by atoms with Crippen molar-refractivity contribution in [2.24, 2.45) is 5.92 Å². The van der Waals surface area contributed by atoms with Gasteiger partial charge in [-0.3, -0.25) is 9.59 Å². The van der Waals surface area contributed by atoms with Crippen molar-refractivity contribution in [3.05, 3.63) is 0 Å². The van der Waals surface area contributed by atoms with Crippen LogP contribution in [0.2, 0.25) is 0 Å². The van der Waals surface area contributed by atoms with Crippen molar-refractivity contribution < 1.29 is 19.1 Å². The van der Waals surface area contributed by atoms with E-state index in [4.69, 9.17) is 0 Å². The summed E-state index contributed by atoms with van der Waals surface area (Å²) in [5.74, 6) is -0.555. The van der Waals surface area contributed by atoms with Gasteiger partial charge in [0.1, 0.15) is 6.04 Å². The van der Waals surface area contributed by atoms with Crippen molar-refractivity contribution in [3.8, 4) is 0 Å². The lowest BCUT2D eigenvalue weighted by Gasteiger charge is -2.23. The van der Waals surface area contributed by atoms with Gasteiger partial charge in [-0.05, 0) is 26.7 Å². The number of methoxy groups -OCH3 is 1. The van der Waals surface area contributed by atoms with E-state index in [0.717, 1.165) is 0 Å². The molecule has 3 amide bonds. The van der Waals surface area contributed by atoms with E-state index in [2.05, 4.69) is 20.7 Å². The highest BCUT2D eigenvalue weighted by Crippen LogP contribution is 2.03. The average Bonchev–Trinajstić information content (AvgIpc) is 2.33. The Morgan fingerprint density at radius 3 is 1.95 bits per heavy atom. The molecule has 0 fully saturated rings. The number of hydrogen-bond acceptors (Lipinski definition) is 4. The lowest BCUT2D eigenvalue weighted by Crippen LogP contribution is -2.52. The Kier molecular flexibility index (Phi) is 8.42. The van der Waals surface area contributed by atoms with Crippen molar-refractivity contribution in [2.75, 3.05) is 7.11 Å². The molecule has 0 bridgehead atoms. The number of alkyl carbamates (subject to hydrolysis) is 1. The first kappa shape index (κ1) is 19.2. The minimum absolute atomic E-state index is 0.0600. The fourth-order valence-electron chi connectivity index (χ4n) is 1.76. The number of ether oxygens (including phenoxy) is 1. The standard InChI is InChI=1S/C14H27N3O4/c1-8(2)12(17-14(20)21-6)13(19)16-10(5)7-11(18)15-9(3)4/h8-10,12H,7H2,1-6H3,(H,15,18)(H,16,19)(H,17,20)/t10-,12-/m0/s1. The van der Waals surface area contributed by atoms with E-state index in [1.165, 1.54) is 7.11 Å². The summed E-state index contributed by atoms with van der Waals surface area (Å²) in [5, 5.41) is 7.97. The fourth-order valence-corrected chi connectivity index (χ4v) is 1.76. The Morgan fingerprint density at radius 1 is 0.952 bits per heavy atom. The maximum atomic E-state index is 12.1. The summed E-state index contributed by atoms with van der Waals surface area (Å²) in [4.78, 5) is 35.0. The second-order valence-electron chi connectivity index (χ2n) is 5.69. The van der Waals surface area contributed by atoms with E-state index in [0.29, 0.717) is 0 Å². The molecule has 0 aliphatic carbocycles. The number of hydrogen-bond donors (Lipinski definition) is 3. The van der Waals surface area contributed by atoms with Crippen molar-refractivity contribution in [3.63, 3.8) is 0 Å². The minimum atomic E-state index is -0.701. The van der Waals surface area contributed by atoms with Gasteiger partial charge in [0, 0.05) is 18.5 Å². The van der Waals surface area contributed by atoms with Gasteiger partial charge in [0.25, 0.3) is 0 Å². The van der Waals surface area contributed by atoms with Gasteiger partial charge in [-0.15, -0.1) is 0 Å². The smallest absolute Gasteiger partial charge is 0.407 e. The van der Waals surface area contributed by atoms with E-state index in [1.54, 1.807) is 6.92 Å². The van der Waals surface area contributed by atoms with Crippen LogP contribution in [0, 0.1) is 5.92 Å². The summed E-state index contributed by atoms with van der Waals surface area (Å²) >= 11 is 0. The van der Waals surface area contributed by atoms with Gasteiger partial charge in [0.05, 0.1) is 7.11 Å². The zero-order chi connectivity index (χ0) is 16.6. The number of rotatable bonds is 7. The zero-order valence-electron chi connectivity index (χ0n) is 13.6. The minimum Gasteiger partial charge on any atom is -0.453 e. The SMILES string of the molecule is COC(=O)N[C@H](C(=O)N[C@@H](C)CC(=O)NC(C)C)C(C)C. The topological polar surface area (TPSA) is 96.5 Å². The van der Waals surface area contributed by atoms with Crippen LogP contribution < -0.4 is 16.0 Å². The molecule has 0 aromatic heterocycles. The molecule has 0 saturated heterocycles. The van der Waals surface area contributed by atoms with Crippen LogP contribution in [-0.2, 0) is 14.3 Å². The highest BCUT2D eigenvalue weighted by Gasteiger charge is 2.26. The van der Waals surface area contributed by atoms with Gasteiger partial charge >= 0.3 is 6.09 Å². The van der Waals surface area contributed by atoms with Crippen LogP contribution in [-0.4, -0.2) is 43.1 Å².